The number of halogens is 1. The Bertz CT molecular complexity index is 526. The summed E-state index contributed by atoms with van der Waals surface area (Å²) < 4.78 is 0. The first kappa shape index (κ1) is 13.4. The topological polar surface area (TPSA) is 0 Å². The molecule has 0 amide bonds. The van der Waals surface area contributed by atoms with Gasteiger partial charge in [0, 0.05) is 4.83 Å². The summed E-state index contributed by atoms with van der Waals surface area (Å²) in [6, 6.07) is 15.3. The molecule has 0 fully saturated rings. The quantitative estimate of drug-likeness (QED) is 0.676. The lowest BCUT2D eigenvalue weighted by atomic mass is 9.97. The first-order valence-corrected chi connectivity index (χ1v) is 7.25. The monoisotopic (exact) mass is 302 g/mol. The van der Waals surface area contributed by atoms with Crippen LogP contribution in [0.2, 0.25) is 0 Å². The minimum absolute atomic E-state index is 0.389. The first-order chi connectivity index (χ1) is 8.58. The van der Waals surface area contributed by atoms with E-state index in [4.69, 9.17) is 0 Å². The van der Waals surface area contributed by atoms with Gasteiger partial charge in [0.2, 0.25) is 0 Å². The first-order valence-electron chi connectivity index (χ1n) is 6.33. The molecule has 2 aromatic carbocycles. The van der Waals surface area contributed by atoms with Gasteiger partial charge < -0.3 is 0 Å². The number of hydrogen-bond acceptors (Lipinski definition) is 0. The maximum atomic E-state index is 3.83. The van der Waals surface area contributed by atoms with Crippen molar-refractivity contribution >= 4 is 15.9 Å². The number of benzene rings is 2. The lowest BCUT2D eigenvalue weighted by Crippen LogP contribution is -1.99. The van der Waals surface area contributed by atoms with Crippen molar-refractivity contribution in [1.82, 2.24) is 0 Å². The van der Waals surface area contributed by atoms with Gasteiger partial charge in [-0.1, -0.05) is 64.0 Å². The molecule has 0 aliphatic carbocycles. The summed E-state index contributed by atoms with van der Waals surface area (Å²) in [7, 11) is 0. The highest BCUT2D eigenvalue weighted by Crippen LogP contribution is 2.30. The van der Waals surface area contributed by atoms with Gasteiger partial charge in [0.05, 0.1) is 0 Å². The third kappa shape index (κ3) is 3.02. The standard InChI is InChI=1S/C17H19Br/c1-12-7-9-15(10-8-12)11-17(18)16-6-4-5-13(2)14(16)3/h4-10,17H,11H2,1-3H3. The average Bonchev–Trinajstić information content (AvgIpc) is 2.35. The Morgan fingerprint density at radius 3 is 2.28 bits per heavy atom. The molecular formula is C17H19Br. The molecule has 2 rings (SSSR count). The van der Waals surface area contributed by atoms with Crippen LogP contribution in [0.4, 0.5) is 0 Å². The fourth-order valence-corrected chi connectivity index (χ4v) is 3.02. The second-order valence-corrected chi connectivity index (χ2v) is 6.05. The lowest BCUT2D eigenvalue weighted by molar-refractivity contribution is 0.934. The zero-order valence-electron chi connectivity index (χ0n) is 11.2. The molecule has 0 saturated heterocycles. The van der Waals surface area contributed by atoms with Crippen molar-refractivity contribution in [3.8, 4) is 0 Å². The van der Waals surface area contributed by atoms with Gasteiger partial charge in [0.25, 0.3) is 0 Å². The lowest BCUT2D eigenvalue weighted by Gasteiger charge is -2.15. The van der Waals surface area contributed by atoms with Crippen LogP contribution in [0.3, 0.4) is 0 Å². The molecule has 0 spiro atoms. The van der Waals surface area contributed by atoms with Gasteiger partial charge in [0.1, 0.15) is 0 Å². The van der Waals surface area contributed by atoms with E-state index < -0.39 is 0 Å². The zero-order valence-corrected chi connectivity index (χ0v) is 12.8. The minimum Gasteiger partial charge on any atom is -0.0835 e. The van der Waals surface area contributed by atoms with Crippen LogP contribution in [-0.4, -0.2) is 0 Å². The number of alkyl halides is 1. The van der Waals surface area contributed by atoms with Crippen LogP contribution in [0.5, 0.6) is 0 Å². The number of rotatable bonds is 3. The summed E-state index contributed by atoms with van der Waals surface area (Å²) in [5.41, 5.74) is 6.85. The second-order valence-electron chi connectivity index (χ2n) is 4.95. The normalized spacial score (nSPS) is 12.4. The summed E-state index contributed by atoms with van der Waals surface area (Å²) in [5.74, 6) is 0. The smallest absolute Gasteiger partial charge is 0.0438 e. The molecular weight excluding hydrogens is 284 g/mol. The fraction of sp³-hybridized carbons (Fsp3) is 0.294. The maximum absolute atomic E-state index is 3.83. The Morgan fingerprint density at radius 1 is 0.944 bits per heavy atom. The van der Waals surface area contributed by atoms with Crippen LogP contribution >= 0.6 is 15.9 Å². The number of aryl methyl sites for hydroxylation is 2. The molecule has 0 bridgehead atoms. The Balaban J connectivity index is 2.19. The highest BCUT2D eigenvalue weighted by atomic mass is 79.9. The van der Waals surface area contributed by atoms with E-state index in [2.05, 4.69) is 79.2 Å². The molecule has 94 valence electrons. The van der Waals surface area contributed by atoms with Crippen LogP contribution in [0, 0.1) is 20.8 Å². The summed E-state index contributed by atoms with van der Waals surface area (Å²) in [4.78, 5) is 0.389. The maximum Gasteiger partial charge on any atom is 0.0438 e. The molecule has 0 nitrogen and oxygen atoms in total. The van der Waals surface area contributed by atoms with E-state index in [9.17, 15) is 0 Å². The van der Waals surface area contributed by atoms with Crippen molar-refractivity contribution in [2.24, 2.45) is 0 Å². The van der Waals surface area contributed by atoms with Crippen molar-refractivity contribution in [3.05, 3.63) is 70.3 Å². The van der Waals surface area contributed by atoms with E-state index in [1.165, 1.54) is 27.8 Å². The van der Waals surface area contributed by atoms with Crippen molar-refractivity contribution < 1.29 is 0 Å². The highest BCUT2D eigenvalue weighted by Gasteiger charge is 2.11. The van der Waals surface area contributed by atoms with Crippen LogP contribution in [0.15, 0.2) is 42.5 Å². The SMILES string of the molecule is Cc1ccc(CC(Br)c2cccc(C)c2C)cc1. The predicted octanol–water partition coefficient (Wildman–Crippen LogP) is 5.29. The molecule has 0 aromatic heterocycles. The van der Waals surface area contributed by atoms with Crippen molar-refractivity contribution in [2.75, 3.05) is 0 Å². The van der Waals surface area contributed by atoms with Gasteiger partial charge in [-0.15, -0.1) is 0 Å². The Kier molecular flexibility index (Phi) is 4.23. The van der Waals surface area contributed by atoms with Gasteiger partial charge >= 0.3 is 0 Å². The summed E-state index contributed by atoms with van der Waals surface area (Å²) in [6.45, 7) is 6.50. The largest absolute Gasteiger partial charge is 0.0835 e. The van der Waals surface area contributed by atoms with Crippen molar-refractivity contribution in [1.29, 1.82) is 0 Å². The molecule has 18 heavy (non-hydrogen) atoms. The Morgan fingerprint density at radius 2 is 1.61 bits per heavy atom. The summed E-state index contributed by atoms with van der Waals surface area (Å²) in [5, 5.41) is 0. The van der Waals surface area contributed by atoms with E-state index >= 15 is 0 Å². The zero-order chi connectivity index (χ0) is 13.1. The minimum atomic E-state index is 0.389. The molecule has 0 saturated carbocycles. The van der Waals surface area contributed by atoms with Gasteiger partial charge in [-0.3, -0.25) is 0 Å². The summed E-state index contributed by atoms with van der Waals surface area (Å²) in [6.07, 6.45) is 1.03. The van der Waals surface area contributed by atoms with Crippen LogP contribution in [-0.2, 0) is 6.42 Å². The molecule has 0 radical (unpaired) electrons. The highest BCUT2D eigenvalue weighted by molar-refractivity contribution is 9.09. The average molecular weight is 303 g/mol. The third-order valence-electron chi connectivity index (χ3n) is 3.52. The Labute approximate surface area is 118 Å². The van der Waals surface area contributed by atoms with E-state index in [0.717, 1.165) is 6.42 Å². The van der Waals surface area contributed by atoms with Gasteiger partial charge in [-0.25, -0.2) is 0 Å². The molecule has 0 aliphatic heterocycles. The molecule has 1 unspecified atom stereocenters. The van der Waals surface area contributed by atoms with E-state index in [1.807, 2.05) is 0 Å². The second kappa shape index (κ2) is 5.71. The third-order valence-corrected chi connectivity index (χ3v) is 4.34. The van der Waals surface area contributed by atoms with Crippen molar-refractivity contribution in [3.63, 3.8) is 0 Å². The Hall–Kier alpha value is -1.08. The van der Waals surface area contributed by atoms with Gasteiger partial charge in [-0.2, -0.15) is 0 Å². The molecule has 0 N–H and O–H groups in total. The molecule has 0 aliphatic rings. The van der Waals surface area contributed by atoms with Gasteiger partial charge in [-0.05, 0) is 49.4 Å². The summed E-state index contributed by atoms with van der Waals surface area (Å²) >= 11 is 3.83. The van der Waals surface area contributed by atoms with Crippen molar-refractivity contribution in [2.45, 2.75) is 32.0 Å². The van der Waals surface area contributed by atoms with Crippen LogP contribution in [0.1, 0.15) is 32.6 Å². The molecule has 1 atom stereocenters. The predicted molar refractivity (Wildman–Crippen MR) is 82.5 cm³/mol. The molecule has 1 heteroatoms. The molecule has 0 heterocycles. The van der Waals surface area contributed by atoms with E-state index in [0.29, 0.717) is 4.83 Å². The fourth-order valence-electron chi connectivity index (χ4n) is 2.15. The van der Waals surface area contributed by atoms with E-state index in [-0.39, 0.29) is 0 Å². The number of hydrogen-bond donors (Lipinski definition) is 0. The van der Waals surface area contributed by atoms with Gasteiger partial charge in [0.15, 0.2) is 0 Å². The molecule has 2 aromatic rings. The van der Waals surface area contributed by atoms with E-state index in [1.54, 1.807) is 0 Å². The van der Waals surface area contributed by atoms with Crippen LogP contribution < -0.4 is 0 Å². The van der Waals surface area contributed by atoms with Crippen LogP contribution in [0.25, 0.3) is 0 Å².